The molecule has 0 bridgehead atoms. The van der Waals surface area contributed by atoms with Crippen molar-refractivity contribution in [2.24, 2.45) is 0 Å². The zero-order valence-electron chi connectivity index (χ0n) is 22.0. The summed E-state index contributed by atoms with van der Waals surface area (Å²) in [5, 5.41) is 5.27. The fourth-order valence-corrected chi connectivity index (χ4v) is 4.62. The zero-order chi connectivity index (χ0) is 28.9. The van der Waals surface area contributed by atoms with Crippen LogP contribution in [0.2, 0.25) is 0 Å². The highest BCUT2D eigenvalue weighted by Gasteiger charge is 2.36. The highest BCUT2D eigenvalue weighted by Crippen LogP contribution is 2.40. The Morgan fingerprint density at radius 1 is 0.925 bits per heavy atom. The van der Waals surface area contributed by atoms with Gasteiger partial charge < -0.3 is 30.1 Å². The minimum atomic E-state index is -4.73. The van der Waals surface area contributed by atoms with Crippen LogP contribution in [0.3, 0.4) is 0 Å². The number of carbonyl (C=O) groups is 1. The van der Waals surface area contributed by atoms with E-state index in [1.807, 2.05) is 11.9 Å². The number of amides is 1. The van der Waals surface area contributed by atoms with Crippen LogP contribution in [0.15, 0.2) is 30.5 Å². The maximum Gasteiger partial charge on any atom is 0.419 e. The molecule has 2 aliphatic rings. The van der Waals surface area contributed by atoms with Gasteiger partial charge in [-0.05, 0) is 31.7 Å². The Hall–Kier alpha value is -3.26. The fourth-order valence-electron chi connectivity index (χ4n) is 4.62. The normalized spacial score (nSPS) is 17.6. The SMILES string of the molecule is CN1CCN(c2ccc(Nc3cc(NCCCN4CCOCCC4=O)c(C(F)(F)F)cn3)c(C(F)(F)F)c2)CC1. The van der Waals surface area contributed by atoms with Crippen LogP contribution in [0.25, 0.3) is 0 Å². The van der Waals surface area contributed by atoms with E-state index in [2.05, 4.69) is 20.5 Å². The molecule has 220 valence electrons. The van der Waals surface area contributed by atoms with Crippen molar-refractivity contribution in [2.75, 3.05) is 81.6 Å². The van der Waals surface area contributed by atoms with Crippen LogP contribution in [0, 0.1) is 0 Å². The number of ether oxygens (including phenoxy) is 1. The van der Waals surface area contributed by atoms with Gasteiger partial charge in [-0.25, -0.2) is 4.98 Å². The van der Waals surface area contributed by atoms with Gasteiger partial charge in [0, 0.05) is 63.8 Å². The van der Waals surface area contributed by atoms with E-state index in [4.69, 9.17) is 4.74 Å². The van der Waals surface area contributed by atoms with Gasteiger partial charge >= 0.3 is 12.4 Å². The third kappa shape index (κ3) is 7.68. The monoisotopic (exact) mass is 574 g/mol. The summed E-state index contributed by atoms with van der Waals surface area (Å²) in [6.07, 6.45) is -8.23. The summed E-state index contributed by atoms with van der Waals surface area (Å²) in [6, 6.07) is 4.92. The van der Waals surface area contributed by atoms with E-state index < -0.39 is 23.5 Å². The predicted molar refractivity (Wildman–Crippen MR) is 139 cm³/mol. The molecule has 3 heterocycles. The third-order valence-corrected chi connectivity index (χ3v) is 6.89. The van der Waals surface area contributed by atoms with E-state index >= 15 is 0 Å². The molecule has 1 aromatic heterocycles. The van der Waals surface area contributed by atoms with Crippen molar-refractivity contribution >= 4 is 28.8 Å². The van der Waals surface area contributed by atoms with Crippen molar-refractivity contribution < 1.29 is 35.9 Å². The molecule has 0 aliphatic carbocycles. The Balaban J connectivity index is 1.50. The van der Waals surface area contributed by atoms with E-state index in [0.717, 1.165) is 25.2 Å². The van der Waals surface area contributed by atoms with Crippen molar-refractivity contribution in [1.29, 1.82) is 0 Å². The molecule has 0 saturated carbocycles. The molecule has 2 aromatic rings. The van der Waals surface area contributed by atoms with Gasteiger partial charge in [0.15, 0.2) is 0 Å². The topological polar surface area (TPSA) is 73.0 Å². The number of benzene rings is 1. The first kappa shape index (κ1) is 29.7. The van der Waals surface area contributed by atoms with Gasteiger partial charge in [-0.1, -0.05) is 0 Å². The van der Waals surface area contributed by atoms with E-state index in [1.54, 1.807) is 11.0 Å². The number of nitrogens with zero attached hydrogens (tertiary/aromatic N) is 4. The lowest BCUT2D eigenvalue weighted by atomic mass is 10.1. The number of carbonyl (C=O) groups excluding carboxylic acids is 1. The number of pyridine rings is 1. The summed E-state index contributed by atoms with van der Waals surface area (Å²) in [4.78, 5) is 21.4. The van der Waals surface area contributed by atoms with Crippen molar-refractivity contribution in [3.05, 3.63) is 41.6 Å². The second kappa shape index (κ2) is 12.5. The lowest BCUT2D eigenvalue weighted by molar-refractivity contribution is -0.137. The minimum absolute atomic E-state index is 0.0806. The minimum Gasteiger partial charge on any atom is -0.384 e. The molecule has 1 aromatic carbocycles. The summed E-state index contributed by atoms with van der Waals surface area (Å²) in [5.41, 5.74) is -2.20. The van der Waals surface area contributed by atoms with Gasteiger partial charge in [-0.2, -0.15) is 26.3 Å². The Bertz CT molecular complexity index is 1170. The molecule has 2 fully saturated rings. The zero-order valence-corrected chi connectivity index (χ0v) is 22.0. The third-order valence-electron chi connectivity index (χ3n) is 6.89. The average Bonchev–Trinajstić information content (AvgIpc) is 3.10. The van der Waals surface area contributed by atoms with Gasteiger partial charge in [0.05, 0.1) is 42.1 Å². The number of hydrogen-bond donors (Lipinski definition) is 2. The maximum atomic E-state index is 14.0. The van der Waals surface area contributed by atoms with Crippen LogP contribution in [0.5, 0.6) is 0 Å². The predicted octanol–water partition coefficient (Wildman–Crippen LogP) is 4.67. The molecule has 8 nitrogen and oxygen atoms in total. The number of anilines is 4. The van der Waals surface area contributed by atoms with Gasteiger partial charge in [0.2, 0.25) is 5.91 Å². The van der Waals surface area contributed by atoms with Crippen molar-refractivity contribution in [3.63, 3.8) is 0 Å². The van der Waals surface area contributed by atoms with Crippen LogP contribution in [0.1, 0.15) is 24.0 Å². The summed E-state index contributed by atoms with van der Waals surface area (Å²) in [6.45, 7) is 4.17. The van der Waals surface area contributed by atoms with Crippen LogP contribution in [-0.2, 0) is 21.9 Å². The smallest absolute Gasteiger partial charge is 0.384 e. The fraction of sp³-hybridized carbons (Fsp3) is 0.538. The maximum absolute atomic E-state index is 14.0. The number of alkyl halides is 6. The van der Waals surface area contributed by atoms with E-state index in [9.17, 15) is 31.1 Å². The molecule has 0 unspecified atom stereocenters. The van der Waals surface area contributed by atoms with Gasteiger partial charge in [0.1, 0.15) is 5.82 Å². The molecular formula is C26H32F6N6O2. The molecule has 14 heteroatoms. The van der Waals surface area contributed by atoms with Crippen molar-refractivity contribution in [1.82, 2.24) is 14.8 Å². The summed E-state index contributed by atoms with van der Waals surface area (Å²) >= 11 is 0. The van der Waals surface area contributed by atoms with Gasteiger partial charge in [-0.15, -0.1) is 0 Å². The van der Waals surface area contributed by atoms with Crippen LogP contribution in [-0.4, -0.2) is 86.8 Å². The molecule has 0 radical (unpaired) electrons. The molecule has 1 amide bonds. The van der Waals surface area contributed by atoms with Crippen LogP contribution in [0.4, 0.5) is 49.2 Å². The lowest BCUT2D eigenvalue weighted by Crippen LogP contribution is -2.44. The number of halogens is 6. The van der Waals surface area contributed by atoms with Gasteiger partial charge in [0.25, 0.3) is 0 Å². The molecule has 2 saturated heterocycles. The van der Waals surface area contributed by atoms with Crippen LogP contribution < -0.4 is 15.5 Å². The highest BCUT2D eigenvalue weighted by molar-refractivity contribution is 5.76. The molecule has 0 atom stereocenters. The Morgan fingerprint density at radius 2 is 1.65 bits per heavy atom. The summed E-state index contributed by atoms with van der Waals surface area (Å²) in [5.74, 6) is -0.254. The van der Waals surface area contributed by atoms with E-state index in [-0.39, 0.29) is 36.1 Å². The number of piperazine rings is 1. The molecule has 2 aliphatic heterocycles. The largest absolute Gasteiger partial charge is 0.419 e. The number of nitrogens with one attached hydrogen (secondary N) is 2. The molecule has 2 N–H and O–H groups in total. The highest BCUT2D eigenvalue weighted by atomic mass is 19.4. The average molecular weight is 575 g/mol. The molecule has 40 heavy (non-hydrogen) atoms. The van der Waals surface area contributed by atoms with E-state index in [0.29, 0.717) is 57.7 Å². The van der Waals surface area contributed by atoms with Crippen molar-refractivity contribution in [3.8, 4) is 0 Å². The second-order valence-corrected chi connectivity index (χ2v) is 9.78. The number of rotatable bonds is 8. The quantitative estimate of drug-likeness (QED) is 0.351. The first-order valence-corrected chi connectivity index (χ1v) is 13.0. The number of aromatic nitrogens is 1. The summed E-state index contributed by atoms with van der Waals surface area (Å²) in [7, 11) is 1.94. The van der Waals surface area contributed by atoms with Crippen LogP contribution >= 0.6 is 0 Å². The van der Waals surface area contributed by atoms with E-state index in [1.165, 1.54) is 6.07 Å². The lowest BCUT2D eigenvalue weighted by Gasteiger charge is -2.34. The van der Waals surface area contributed by atoms with Crippen molar-refractivity contribution in [2.45, 2.75) is 25.2 Å². The number of likely N-dealkylation sites (N-methyl/N-ethyl adjacent to an activating group) is 1. The molecule has 0 spiro atoms. The van der Waals surface area contributed by atoms with Gasteiger partial charge in [-0.3, -0.25) is 4.79 Å². The second-order valence-electron chi connectivity index (χ2n) is 9.78. The standard InChI is InChI=1S/C26H32F6N6O2/c1-36-8-10-37(11-9-36)18-3-4-21(19(15-18)25(27,28)29)35-23-16-22(20(17-34-23)26(30,31)32)33-6-2-7-38-12-14-40-13-5-24(38)39/h3-4,15-17H,2,5-14H2,1H3,(H2,33,34,35). The Labute approximate surface area is 228 Å². The summed E-state index contributed by atoms with van der Waals surface area (Å²) < 4.78 is 88.2. The Morgan fingerprint density at radius 3 is 2.35 bits per heavy atom. The number of hydrogen-bond acceptors (Lipinski definition) is 7. The Kier molecular flexibility index (Phi) is 9.29. The first-order valence-electron chi connectivity index (χ1n) is 13.0. The first-order chi connectivity index (χ1) is 18.9. The molecular weight excluding hydrogens is 542 g/mol. The molecule has 4 rings (SSSR count).